The van der Waals surface area contributed by atoms with Crippen LogP contribution in [0.25, 0.3) is 11.5 Å². The summed E-state index contributed by atoms with van der Waals surface area (Å²) in [6.07, 6.45) is 3.27. The number of piperidine rings is 1. The molecule has 23 heavy (non-hydrogen) atoms. The molecule has 6 heteroatoms. The number of carbonyl (C=O) groups excluding carboxylic acids is 1. The molecule has 1 aromatic heterocycles. The van der Waals surface area contributed by atoms with Crippen molar-refractivity contribution in [3.8, 4) is 11.5 Å². The summed E-state index contributed by atoms with van der Waals surface area (Å²) >= 11 is 0. The van der Waals surface area contributed by atoms with E-state index in [1.165, 1.54) is 12.1 Å². The Bertz CT molecular complexity index is 698. The van der Waals surface area contributed by atoms with E-state index in [-0.39, 0.29) is 11.7 Å². The minimum absolute atomic E-state index is 0.0975. The third kappa shape index (κ3) is 2.85. The highest BCUT2D eigenvalue weighted by molar-refractivity contribution is 5.77. The Morgan fingerprint density at radius 3 is 2.78 bits per heavy atom. The molecular formula is C17H20FN3O2. The van der Waals surface area contributed by atoms with Crippen LogP contribution in [0.3, 0.4) is 0 Å². The Morgan fingerprint density at radius 2 is 2.09 bits per heavy atom. The Hall–Kier alpha value is -2.24. The highest BCUT2D eigenvalue weighted by Gasteiger charge is 2.42. The maximum atomic E-state index is 13.0. The minimum atomic E-state index is -0.548. The van der Waals surface area contributed by atoms with E-state index in [0.29, 0.717) is 30.2 Å². The molecule has 0 saturated carbocycles. The van der Waals surface area contributed by atoms with Gasteiger partial charge in [0, 0.05) is 18.5 Å². The molecule has 1 unspecified atom stereocenters. The molecule has 1 fully saturated rings. The lowest BCUT2D eigenvalue weighted by molar-refractivity contribution is -0.140. The summed E-state index contributed by atoms with van der Waals surface area (Å²) < 4.78 is 18.4. The molecule has 0 radical (unpaired) electrons. The first-order valence-electron chi connectivity index (χ1n) is 7.95. The van der Waals surface area contributed by atoms with Gasteiger partial charge in [0.05, 0.1) is 0 Å². The van der Waals surface area contributed by atoms with Gasteiger partial charge in [-0.15, -0.1) is 0 Å². The molecule has 1 aromatic carbocycles. The Balaban J connectivity index is 1.93. The molecule has 5 nitrogen and oxygen atoms in total. The van der Waals surface area contributed by atoms with Crippen LogP contribution in [0, 0.1) is 5.82 Å². The predicted molar refractivity (Wildman–Crippen MR) is 82.9 cm³/mol. The van der Waals surface area contributed by atoms with Crippen molar-refractivity contribution in [3.05, 3.63) is 35.9 Å². The number of carbonyl (C=O) groups is 1. The maximum absolute atomic E-state index is 13.0. The summed E-state index contributed by atoms with van der Waals surface area (Å²) in [5.74, 6) is 0.641. The molecule has 2 heterocycles. The highest BCUT2D eigenvalue weighted by Crippen LogP contribution is 2.37. The van der Waals surface area contributed by atoms with Crippen LogP contribution < -0.4 is 0 Å². The van der Waals surface area contributed by atoms with Crippen LogP contribution in [-0.4, -0.2) is 27.5 Å². The second kappa shape index (κ2) is 6.10. The topological polar surface area (TPSA) is 59.2 Å². The molecular weight excluding hydrogens is 297 g/mol. The number of nitrogens with zero attached hydrogens (tertiary/aromatic N) is 3. The van der Waals surface area contributed by atoms with Gasteiger partial charge >= 0.3 is 0 Å². The molecule has 1 aliphatic heterocycles. The van der Waals surface area contributed by atoms with Crippen LogP contribution in [0.2, 0.25) is 0 Å². The summed E-state index contributed by atoms with van der Waals surface area (Å²) in [4.78, 5) is 18.6. The second-order valence-corrected chi connectivity index (χ2v) is 6.06. The molecule has 1 amide bonds. The van der Waals surface area contributed by atoms with Gasteiger partial charge in [0.1, 0.15) is 11.4 Å². The van der Waals surface area contributed by atoms with Crippen LogP contribution in [0.5, 0.6) is 0 Å². The Kier molecular flexibility index (Phi) is 4.15. The van der Waals surface area contributed by atoms with Crippen molar-refractivity contribution in [1.29, 1.82) is 0 Å². The van der Waals surface area contributed by atoms with Crippen molar-refractivity contribution in [1.82, 2.24) is 15.0 Å². The number of amides is 1. The van der Waals surface area contributed by atoms with E-state index in [0.717, 1.165) is 19.3 Å². The standard InChI is InChI=1S/C17H20FN3O2/c1-3-14(22)21-11-5-4-10-17(21,2)16-19-15(23-20-16)12-6-8-13(18)9-7-12/h6-9H,3-5,10-11H2,1-2H3. The lowest BCUT2D eigenvalue weighted by Crippen LogP contribution is -2.50. The van der Waals surface area contributed by atoms with E-state index < -0.39 is 5.54 Å². The summed E-state index contributed by atoms with van der Waals surface area (Å²) in [5.41, 5.74) is 0.116. The smallest absolute Gasteiger partial charge is 0.258 e. The predicted octanol–water partition coefficient (Wildman–Crippen LogP) is 3.51. The average molecular weight is 317 g/mol. The van der Waals surface area contributed by atoms with Gasteiger partial charge in [-0.3, -0.25) is 4.79 Å². The third-order valence-electron chi connectivity index (χ3n) is 4.49. The summed E-state index contributed by atoms with van der Waals surface area (Å²) in [6.45, 7) is 4.56. The van der Waals surface area contributed by atoms with Crippen molar-refractivity contribution in [3.63, 3.8) is 0 Å². The van der Waals surface area contributed by atoms with E-state index in [1.807, 2.05) is 18.7 Å². The summed E-state index contributed by atoms with van der Waals surface area (Å²) in [7, 11) is 0. The summed E-state index contributed by atoms with van der Waals surface area (Å²) in [5, 5.41) is 4.10. The first-order valence-corrected chi connectivity index (χ1v) is 7.95. The SMILES string of the molecule is CCC(=O)N1CCCCC1(C)c1noc(-c2ccc(F)cc2)n1. The molecule has 3 rings (SSSR count). The van der Waals surface area contributed by atoms with Gasteiger partial charge < -0.3 is 9.42 Å². The average Bonchev–Trinajstić information content (AvgIpc) is 3.06. The fraction of sp³-hybridized carbons (Fsp3) is 0.471. The van der Waals surface area contributed by atoms with E-state index in [4.69, 9.17) is 4.52 Å². The zero-order valence-corrected chi connectivity index (χ0v) is 13.4. The quantitative estimate of drug-likeness (QED) is 0.869. The van der Waals surface area contributed by atoms with Gasteiger partial charge in [-0.2, -0.15) is 4.98 Å². The number of benzene rings is 1. The molecule has 0 aliphatic carbocycles. The largest absolute Gasteiger partial charge is 0.334 e. The van der Waals surface area contributed by atoms with Crippen molar-refractivity contribution in [2.24, 2.45) is 0 Å². The first-order chi connectivity index (χ1) is 11.0. The molecule has 2 aromatic rings. The lowest BCUT2D eigenvalue weighted by Gasteiger charge is -2.42. The van der Waals surface area contributed by atoms with Gasteiger partial charge in [0.15, 0.2) is 5.82 Å². The molecule has 0 bridgehead atoms. The highest BCUT2D eigenvalue weighted by atomic mass is 19.1. The monoisotopic (exact) mass is 317 g/mol. The van der Waals surface area contributed by atoms with Gasteiger partial charge in [-0.25, -0.2) is 4.39 Å². The lowest BCUT2D eigenvalue weighted by atomic mass is 9.87. The molecule has 0 spiro atoms. The number of hydrogen-bond acceptors (Lipinski definition) is 4. The van der Waals surface area contributed by atoms with Crippen LogP contribution in [0.1, 0.15) is 45.4 Å². The number of aromatic nitrogens is 2. The van der Waals surface area contributed by atoms with Crippen molar-refractivity contribution < 1.29 is 13.7 Å². The van der Waals surface area contributed by atoms with E-state index >= 15 is 0 Å². The van der Waals surface area contributed by atoms with Crippen molar-refractivity contribution >= 4 is 5.91 Å². The number of hydrogen-bond donors (Lipinski definition) is 0. The maximum Gasteiger partial charge on any atom is 0.258 e. The van der Waals surface area contributed by atoms with E-state index in [9.17, 15) is 9.18 Å². The molecule has 122 valence electrons. The number of likely N-dealkylation sites (tertiary alicyclic amines) is 1. The fourth-order valence-corrected chi connectivity index (χ4v) is 3.10. The van der Waals surface area contributed by atoms with Gasteiger partial charge in [-0.05, 0) is 50.5 Å². The van der Waals surface area contributed by atoms with Crippen LogP contribution in [-0.2, 0) is 10.3 Å². The zero-order valence-electron chi connectivity index (χ0n) is 13.4. The second-order valence-electron chi connectivity index (χ2n) is 6.06. The Morgan fingerprint density at radius 1 is 1.35 bits per heavy atom. The Labute approximate surface area is 134 Å². The van der Waals surface area contributed by atoms with E-state index in [1.54, 1.807) is 12.1 Å². The minimum Gasteiger partial charge on any atom is -0.334 e. The number of halogens is 1. The van der Waals surface area contributed by atoms with Crippen molar-refractivity contribution in [2.75, 3.05) is 6.54 Å². The first kappa shape index (κ1) is 15.6. The molecule has 1 atom stereocenters. The van der Waals surface area contributed by atoms with Gasteiger partial charge in [0.25, 0.3) is 5.89 Å². The van der Waals surface area contributed by atoms with Gasteiger partial charge in [0.2, 0.25) is 5.91 Å². The molecule has 1 aliphatic rings. The van der Waals surface area contributed by atoms with Crippen LogP contribution in [0.4, 0.5) is 4.39 Å². The fourth-order valence-electron chi connectivity index (χ4n) is 3.10. The molecule has 0 N–H and O–H groups in total. The summed E-state index contributed by atoms with van der Waals surface area (Å²) in [6, 6.07) is 5.92. The van der Waals surface area contributed by atoms with E-state index in [2.05, 4.69) is 10.1 Å². The van der Waals surface area contributed by atoms with Crippen LogP contribution in [0.15, 0.2) is 28.8 Å². The van der Waals surface area contributed by atoms with Crippen LogP contribution >= 0.6 is 0 Å². The number of rotatable bonds is 3. The molecule has 1 saturated heterocycles. The third-order valence-corrected chi connectivity index (χ3v) is 4.49. The van der Waals surface area contributed by atoms with Crippen molar-refractivity contribution in [2.45, 2.75) is 45.1 Å². The zero-order chi connectivity index (χ0) is 16.4. The van der Waals surface area contributed by atoms with Gasteiger partial charge in [-0.1, -0.05) is 12.1 Å². The normalized spacial score (nSPS) is 21.4.